The van der Waals surface area contributed by atoms with Gasteiger partial charge in [-0.25, -0.2) is 0 Å². The van der Waals surface area contributed by atoms with E-state index in [1.54, 1.807) is 56.6 Å². The van der Waals surface area contributed by atoms with Gasteiger partial charge in [0, 0.05) is 30.8 Å². The largest absolute Gasteiger partial charge is 0.493 e. The first-order valence-corrected chi connectivity index (χ1v) is 9.43. The number of benzene rings is 2. The van der Waals surface area contributed by atoms with Crippen LogP contribution in [0.1, 0.15) is 5.56 Å². The Morgan fingerprint density at radius 1 is 1.11 bits per heavy atom. The molecule has 2 amide bonds. The number of amides is 2. The number of nitrogens with zero attached hydrogens (tertiary/aromatic N) is 1. The second-order valence-electron chi connectivity index (χ2n) is 5.85. The lowest BCUT2D eigenvalue weighted by Gasteiger charge is -2.10. The van der Waals surface area contributed by atoms with Crippen LogP contribution in [0.4, 0.5) is 10.5 Å². The van der Waals surface area contributed by atoms with Crippen molar-refractivity contribution in [2.24, 2.45) is 0 Å². The Balaban J connectivity index is 2.02. The molecule has 0 fully saturated rings. The normalized spacial score (nSPS) is 10.6. The number of carbonyl (C=O) groups excluding carboxylic acids is 2. The van der Waals surface area contributed by atoms with E-state index >= 15 is 0 Å². The Hall–Kier alpha value is -2.64. The molecule has 148 valence electrons. The number of halogens is 1. The maximum atomic E-state index is 12.1. The molecule has 28 heavy (non-hydrogen) atoms. The average molecular weight is 421 g/mol. The first kappa shape index (κ1) is 21.7. The van der Waals surface area contributed by atoms with Crippen LogP contribution in [-0.2, 0) is 4.79 Å². The van der Waals surface area contributed by atoms with Gasteiger partial charge in [0.05, 0.1) is 19.2 Å². The van der Waals surface area contributed by atoms with Crippen molar-refractivity contribution >= 4 is 46.3 Å². The zero-order valence-corrected chi connectivity index (χ0v) is 17.6. The molecule has 1 N–H and O–H groups in total. The number of methoxy groups -OCH3 is 2. The van der Waals surface area contributed by atoms with Crippen LogP contribution in [-0.4, -0.2) is 44.4 Å². The van der Waals surface area contributed by atoms with Gasteiger partial charge in [-0.05, 0) is 59.8 Å². The lowest BCUT2D eigenvalue weighted by molar-refractivity contribution is -0.111. The molecule has 0 aliphatic heterocycles. The van der Waals surface area contributed by atoms with Crippen molar-refractivity contribution in [3.8, 4) is 11.5 Å². The number of hydrogen-bond acceptors (Lipinski definition) is 5. The van der Waals surface area contributed by atoms with Gasteiger partial charge in [0.1, 0.15) is 0 Å². The molecule has 0 saturated carbocycles. The number of anilines is 1. The summed E-state index contributed by atoms with van der Waals surface area (Å²) in [5.74, 6) is 0.627. The summed E-state index contributed by atoms with van der Waals surface area (Å²) in [5.41, 5.74) is 1.33. The zero-order chi connectivity index (χ0) is 20.7. The molecule has 0 radical (unpaired) electrons. The third kappa shape index (κ3) is 5.94. The molecule has 6 nitrogen and oxygen atoms in total. The van der Waals surface area contributed by atoms with Crippen molar-refractivity contribution in [2.75, 3.05) is 33.6 Å². The predicted molar refractivity (Wildman–Crippen MR) is 114 cm³/mol. The zero-order valence-electron chi connectivity index (χ0n) is 16.0. The summed E-state index contributed by atoms with van der Waals surface area (Å²) < 4.78 is 10.4. The number of nitrogens with one attached hydrogen (secondary N) is 1. The summed E-state index contributed by atoms with van der Waals surface area (Å²) in [7, 11) is 6.42. The Labute approximate surface area is 173 Å². The van der Waals surface area contributed by atoms with Crippen LogP contribution in [0.2, 0.25) is 5.02 Å². The lowest BCUT2D eigenvalue weighted by atomic mass is 10.2. The highest BCUT2D eigenvalue weighted by Crippen LogP contribution is 2.36. The quantitative estimate of drug-likeness (QED) is 0.538. The molecule has 2 rings (SSSR count). The van der Waals surface area contributed by atoms with Gasteiger partial charge in [-0.1, -0.05) is 11.6 Å². The first-order chi connectivity index (χ1) is 13.3. The molecule has 0 saturated heterocycles. The summed E-state index contributed by atoms with van der Waals surface area (Å²) in [4.78, 5) is 26.1. The molecular weight excluding hydrogens is 400 g/mol. The molecule has 0 spiro atoms. The molecule has 2 aromatic carbocycles. The van der Waals surface area contributed by atoms with Crippen molar-refractivity contribution in [3.63, 3.8) is 0 Å². The van der Waals surface area contributed by atoms with Crippen LogP contribution in [0.25, 0.3) is 6.08 Å². The third-order valence-electron chi connectivity index (χ3n) is 3.58. The van der Waals surface area contributed by atoms with Crippen LogP contribution < -0.4 is 14.8 Å². The molecule has 0 aliphatic carbocycles. The smallest absolute Gasteiger partial charge is 0.285 e. The van der Waals surface area contributed by atoms with Crippen molar-refractivity contribution in [3.05, 3.63) is 53.1 Å². The van der Waals surface area contributed by atoms with E-state index in [2.05, 4.69) is 5.32 Å². The van der Waals surface area contributed by atoms with E-state index in [0.29, 0.717) is 27.8 Å². The van der Waals surface area contributed by atoms with Crippen LogP contribution >= 0.6 is 23.4 Å². The Morgan fingerprint density at radius 2 is 1.79 bits per heavy atom. The minimum absolute atomic E-state index is 0.0618. The fourth-order valence-electron chi connectivity index (χ4n) is 2.19. The van der Waals surface area contributed by atoms with Gasteiger partial charge in [-0.2, -0.15) is 0 Å². The van der Waals surface area contributed by atoms with Gasteiger partial charge in [-0.15, -0.1) is 0 Å². The summed E-state index contributed by atoms with van der Waals surface area (Å²) in [6.07, 6.45) is 3.03. The molecule has 0 aromatic heterocycles. The molecule has 0 heterocycles. The molecule has 8 heteroatoms. The van der Waals surface area contributed by atoms with Crippen molar-refractivity contribution in [1.82, 2.24) is 4.90 Å². The Morgan fingerprint density at radius 3 is 2.36 bits per heavy atom. The van der Waals surface area contributed by atoms with Crippen molar-refractivity contribution in [2.45, 2.75) is 4.90 Å². The van der Waals surface area contributed by atoms with Crippen LogP contribution in [0.15, 0.2) is 47.4 Å². The van der Waals surface area contributed by atoms with Crippen molar-refractivity contribution < 1.29 is 19.1 Å². The molecule has 0 aliphatic rings. The number of carbonyl (C=O) groups is 2. The van der Waals surface area contributed by atoms with Gasteiger partial charge in [0.2, 0.25) is 5.91 Å². The SMILES string of the molecule is COc1cc(/C=C/C(=O)Nc2ccc(SC(=O)N(C)C)cc2)cc(Cl)c1OC. The van der Waals surface area contributed by atoms with E-state index in [4.69, 9.17) is 21.1 Å². The maximum Gasteiger partial charge on any atom is 0.285 e. The molecule has 0 atom stereocenters. The van der Waals surface area contributed by atoms with E-state index in [9.17, 15) is 9.59 Å². The minimum Gasteiger partial charge on any atom is -0.493 e. The number of thioether (sulfide) groups is 1. The molecule has 0 unspecified atom stereocenters. The van der Waals surface area contributed by atoms with Gasteiger partial charge in [0.15, 0.2) is 11.5 Å². The summed E-state index contributed by atoms with van der Waals surface area (Å²) in [6, 6.07) is 10.4. The number of hydrogen-bond donors (Lipinski definition) is 1. The highest BCUT2D eigenvalue weighted by molar-refractivity contribution is 8.13. The van der Waals surface area contributed by atoms with Crippen LogP contribution in [0, 0.1) is 0 Å². The highest BCUT2D eigenvalue weighted by atomic mass is 35.5. The second-order valence-corrected chi connectivity index (χ2v) is 7.28. The van der Waals surface area contributed by atoms with E-state index < -0.39 is 0 Å². The Bertz CT molecular complexity index is 883. The summed E-state index contributed by atoms with van der Waals surface area (Å²) >= 11 is 7.28. The van der Waals surface area contributed by atoms with Gasteiger partial charge in [-0.3, -0.25) is 9.59 Å². The van der Waals surface area contributed by atoms with E-state index in [-0.39, 0.29) is 11.1 Å². The highest BCUT2D eigenvalue weighted by Gasteiger charge is 2.10. The van der Waals surface area contributed by atoms with Gasteiger partial charge >= 0.3 is 0 Å². The van der Waals surface area contributed by atoms with Gasteiger partial charge < -0.3 is 19.7 Å². The fourth-order valence-corrected chi connectivity index (χ4v) is 3.14. The van der Waals surface area contributed by atoms with Crippen LogP contribution in [0.3, 0.4) is 0 Å². The molecule has 2 aromatic rings. The molecular formula is C20H21ClN2O4S. The first-order valence-electron chi connectivity index (χ1n) is 8.24. The van der Waals surface area contributed by atoms with E-state index in [0.717, 1.165) is 16.7 Å². The second kappa shape index (κ2) is 10.1. The van der Waals surface area contributed by atoms with Gasteiger partial charge in [0.25, 0.3) is 5.24 Å². The molecule has 0 bridgehead atoms. The fraction of sp³-hybridized carbons (Fsp3) is 0.200. The summed E-state index contributed by atoms with van der Waals surface area (Å²) in [5, 5.41) is 3.09. The monoisotopic (exact) mass is 420 g/mol. The van der Waals surface area contributed by atoms with Crippen LogP contribution in [0.5, 0.6) is 11.5 Å². The Kier molecular flexibility index (Phi) is 7.78. The van der Waals surface area contributed by atoms with Crippen molar-refractivity contribution in [1.29, 1.82) is 0 Å². The average Bonchev–Trinajstić information content (AvgIpc) is 2.67. The predicted octanol–water partition coefficient (Wildman–Crippen LogP) is 4.78. The van der Waals surface area contributed by atoms with E-state index in [1.165, 1.54) is 25.2 Å². The maximum absolute atomic E-state index is 12.1. The summed E-state index contributed by atoms with van der Waals surface area (Å²) in [6.45, 7) is 0. The lowest BCUT2D eigenvalue weighted by Crippen LogP contribution is -2.16. The van der Waals surface area contributed by atoms with E-state index in [1.807, 2.05) is 0 Å². The standard InChI is InChI=1S/C20H21ClN2O4S/c1-23(2)20(25)28-15-8-6-14(7-9-15)22-18(24)10-5-13-11-16(21)19(27-4)17(12-13)26-3/h5-12H,1-4H3,(H,22,24)/b10-5+. The number of ether oxygens (including phenoxy) is 2. The number of rotatable bonds is 6. The third-order valence-corrected chi connectivity index (χ3v) is 4.90. The minimum atomic E-state index is -0.296. The topological polar surface area (TPSA) is 67.9 Å².